The van der Waals surface area contributed by atoms with E-state index in [0.29, 0.717) is 5.92 Å². The molecule has 0 saturated carbocycles. The van der Waals surface area contributed by atoms with Crippen molar-refractivity contribution in [2.45, 2.75) is 26.7 Å². The van der Waals surface area contributed by atoms with E-state index in [2.05, 4.69) is 15.0 Å². The molecule has 110 valence electrons. The lowest BCUT2D eigenvalue weighted by atomic mass is 10.0. The fourth-order valence-corrected chi connectivity index (χ4v) is 3.55. The average molecular weight is 302 g/mol. The Morgan fingerprint density at radius 3 is 2.86 bits per heavy atom. The van der Waals surface area contributed by atoms with Crippen LogP contribution in [0, 0.1) is 12.8 Å². The maximum Gasteiger partial charge on any atom is 0.219 e. The van der Waals surface area contributed by atoms with E-state index >= 15 is 0 Å². The predicted octanol–water partition coefficient (Wildman–Crippen LogP) is 2.32. The van der Waals surface area contributed by atoms with Gasteiger partial charge in [-0.2, -0.15) is 0 Å². The van der Waals surface area contributed by atoms with Gasteiger partial charge in [0.05, 0.1) is 15.6 Å². The van der Waals surface area contributed by atoms with E-state index in [9.17, 15) is 4.79 Å². The molecule has 3 heterocycles. The highest BCUT2D eigenvalue weighted by Gasteiger charge is 2.26. The molecule has 2 aromatic heterocycles. The summed E-state index contributed by atoms with van der Waals surface area (Å²) in [6.07, 6.45) is 7.24. The van der Waals surface area contributed by atoms with Crippen LogP contribution in [0.5, 0.6) is 0 Å². The molecule has 5 nitrogen and oxygen atoms in total. The molecule has 1 fully saturated rings. The number of carbonyl (C=O) groups is 1. The van der Waals surface area contributed by atoms with E-state index in [1.165, 1.54) is 0 Å². The third-order valence-electron chi connectivity index (χ3n) is 3.84. The number of rotatable bonds is 3. The molecular formula is C15H18N4OS. The Labute approximate surface area is 128 Å². The Kier molecular flexibility index (Phi) is 3.96. The van der Waals surface area contributed by atoms with Gasteiger partial charge in [0.25, 0.3) is 0 Å². The minimum atomic E-state index is 0.162. The number of amides is 1. The summed E-state index contributed by atoms with van der Waals surface area (Å²) in [6.45, 7) is 5.31. The molecule has 0 N–H and O–H groups in total. The normalized spacial score (nSPS) is 18.2. The molecule has 0 aliphatic carbocycles. The Morgan fingerprint density at radius 2 is 2.19 bits per heavy atom. The van der Waals surface area contributed by atoms with Gasteiger partial charge in [-0.1, -0.05) is 0 Å². The van der Waals surface area contributed by atoms with Gasteiger partial charge in [-0.05, 0) is 25.7 Å². The summed E-state index contributed by atoms with van der Waals surface area (Å²) in [7, 11) is 0. The first-order valence-corrected chi connectivity index (χ1v) is 7.93. The summed E-state index contributed by atoms with van der Waals surface area (Å²) in [5.41, 5.74) is 1.95. The zero-order valence-electron chi connectivity index (χ0n) is 12.2. The Bertz CT molecular complexity index is 655. The first-order chi connectivity index (χ1) is 10.1. The van der Waals surface area contributed by atoms with Gasteiger partial charge in [0.2, 0.25) is 5.91 Å². The first kappa shape index (κ1) is 14.1. The molecule has 0 bridgehead atoms. The zero-order valence-corrected chi connectivity index (χ0v) is 13.1. The molecule has 3 rings (SSSR count). The zero-order chi connectivity index (χ0) is 14.8. The van der Waals surface area contributed by atoms with E-state index < -0.39 is 0 Å². The molecule has 1 aliphatic heterocycles. The number of nitrogens with zero attached hydrogens (tertiary/aromatic N) is 4. The van der Waals surface area contributed by atoms with Crippen molar-refractivity contribution in [2.75, 3.05) is 13.1 Å². The molecule has 0 spiro atoms. The van der Waals surface area contributed by atoms with Crippen LogP contribution >= 0.6 is 11.3 Å². The monoisotopic (exact) mass is 302 g/mol. The van der Waals surface area contributed by atoms with Crippen molar-refractivity contribution >= 4 is 17.2 Å². The number of thiazole rings is 1. The summed E-state index contributed by atoms with van der Waals surface area (Å²) in [4.78, 5) is 27.7. The molecule has 0 unspecified atom stereocenters. The molecule has 1 saturated heterocycles. The lowest BCUT2D eigenvalue weighted by Gasteiger charge is -2.14. The van der Waals surface area contributed by atoms with Gasteiger partial charge in [-0.3, -0.25) is 14.8 Å². The van der Waals surface area contributed by atoms with Crippen molar-refractivity contribution in [3.63, 3.8) is 0 Å². The van der Waals surface area contributed by atoms with Crippen molar-refractivity contribution in [3.05, 3.63) is 29.3 Å². The van der Waals surface area contributed by atoms with Crippen molar-refractivity contribution < 1.29 is 4.79 Å². The quantitative estimate of drug-likeness (QED) is 0.873. The largest absolute Gasteiger partial charge is 0.343 e. The number of likely N-dealkylation sites (tertiary alicyclic amines) is 1. The molecule has 1 atom stereocenters. The van der Waals surface area contributed by atoms with Crippen molar-refractivity contribution in [3.8, 4) is 10.6 Å². The number of hydrogen-bond acceptors (Lipinski definition) is 5. The van der Waals surface area contributed by atoms with Gasteiger partial charge in [-0.25, -0.2) is 4.98 Å². The van der Waals surface area contributed by atoms with Gasteiger partial charge in [0.1, 0.15) is 5.69 Å². The van der Waals surface area contributed by atoms with Crippen molar-refractivity contribution in [2.24, 2.45) is 5.92 Å². The van der Waals surface area contributed by atoms with Gasteiger partial charge in [0.15, 0.2) is 0 Å². The van der Waals surface area contributed by atoms with Gasteiger partial charge in [-0.15, -0.1) is 11.3 Å². The minimum Gasteiger partial charge on any atom is -0.343 e. The second-order valence-electron chi connectivity index (χ2n) is 5.42. The molecule has 6 heteroatoms. The topological polar surface area (TPSA) is 59.0 Å². The fraction of sp³-hybridized carbons (Fsp3) is 0.467. The second-order valence-corrected chi connectivity index (χ2v) is 6.65. The van der Waals surface area contributed by atoms with Gasteiger partial charge in [0, 0.05) is 38.6 Å². The lowest BCUT2D eigenvalue weighted by molar-refractivity contribution is -0.127. The Balaban J connectivity index is 1.79. The Morgan fingerprint density at radius 1 is 1.38 bits per heavy atom. The highest BCUT2D eigenvalue weighted by atomic mass is 32.1. The number of aryl methyl sites for hydroxylation is 1. The SMILES string of the molecule is CC(=O)N1CC[C@@H](Cc2nccnc2-c2cnc(C)s2)C1. The van der Waals surface area contributed by atoms with Crippen LogP contribution in [0.25, 0.3) is 10.6 Å². The van der Waals surface area contributed by atoms with Crippen LogP contribution in [0.1, 0.15) is 24.0 Å². The maximum absolute atomic E-state index is 11.4. The molecular weight excluding hydrogens is 284 g/mol. The van der Waals surface area contributed by atoms with Crippen molar-refractivity contribution in [1.29, 1.82) is 0 Å². The summed E-state index contributed by atoms with van der Waals surface area (Å²) >= 11 is 1.64. The molecule has 0 aromatic carbocycles. The molecule has 1 aliphatic rings. The van der Waals surface area contributed by atoms with E-state index in [0.717, 1.165) is 47.2 Å². The van der Waals surface area contributed by atoms with E-state index in [1.807, 2.05) is 18.0 Å². The number of carbonyl (C=O) groups excluding carboxylic acids is 1. The second kappa shape index (κ2) is 5.89. The highest BCUT2D eigenvalue weighted by Crippen LogP contribution is 2.29. The molecule has 0 radical (unpaired) electrons. The van der Waals surface area contributed by atoms with Crippen LogP contribution in [-0.4, -0.2) is 38.8 Å². The summed E-state index contributed by atoms with van der Waals surface area (Å²) in [6, 6.07) is 0. The van der Waals surface area contributed by atoms with Gasteiger partial charge < -0.3 is 4.90 Å². The van der Waals surface area contributed by atoms with Crippen LogP contribution < -0.4 is 0 Å². The number of aromatic nitrogens is 3. The van der Waals surface area contributed by atoms with E-state index in [4.69, 9.17) is 0 Å². The summed E-state index contributed by atoms with van der Waals surface area (Å²) in [5.74, 6) is 0.633. The summed E-state index contributed by atoms with van der Waals surface area (Å²) in [5, 5.41) is 1.03. The third-order valence-corrected chi connectivity index (χ3v) is 4.76. The lowest BCUT2D eigenvalue weighted by Crippen LogP contribution is -2.26. The standard InChI is InChI=1S/C15H18N4OS/c1-10-18-8-14(21-10)15-13(16-4-5-17-15)7-12-3-6-19(9-12)11(2)20/h4-5,8,12H,3,6-7,9H2,1-2H3/t12-/m0/s1. The molecule has 1 amide bonds. The van der Waals surface area contributed by atoms with Gasteiger partial charge >= 0.3 is 0 Å². The first-order valence-electron chi connectivity index (χ1n) is 7.11. The summed E-state index contributed by atoms with van der Waals surface area (Å²) < 4.78 is 0. The average Bonchev–Trinajstić information content (AvgIpc) is 3.09. The predicted molar refractivity (Wildman–Crippen MR) is 81.9 cm³/mol. The molecule has 2 aromatic rings. The van der Waals surface area contributed by atoms with Crippen molar-refractivity contribution in [1.82, 2.24) is 19.9 Å². The highest BCUT2D eigenvalue weighted by molar-refractivity contribution is 7.15. The van der Waals surface area contributed by atoms with Crippen LogP contribution in [-0.2, 0) is 11.2 Å². The smallest absolute Gasteiger partial charge is 0.219 e. The minimum absolute atomic E-state index is 0.162. The number of hydrogen-bond donors (Lipinski definition) is 0. The Hall–Kier alpha value is -1.82. The maximum atomic E-state index is 11.4. The third kappa shape index (κ3) is 3.10. The fourth-order valence-electron chi connectivity index (χ4n) is 2.75. The van der Waals surface area contributed by atoms with Crippen LogP contribution in [0.15, 0.2) is 18.6 Å². The van der Waals surface area contributed by atoms with Crippen LogP contribution in [0.2, 0.25) is 0 Å². The van der Waals surface area contributed by atoms with E-state index in [1.54, 1.807) is 30.7 Å². The van der Waals surface area contributed by atoms with Crippen LogP contribution in [0.3, 0.4) is 0 Å². The molecule has 21 heavy (non-hydrogen) atoms. The van der Waals surface area contributed by atoms with Crippen LogP contribution in [0.4, 0.5) is 0 Å². The van der Waals surface area contributed by atoms with E-state index in [-0.39, 0.29) is 5.91 Å².